The number of aryl methyl sites for hydroxylation is 2. The summed E-state index contributed by atoms with van der Waals surface area (Å²) in [5.74, 6) is 1.66. The fourth-order valence-electron chi connectivity index (χ4n) is 4.87. The zero-order valence-electron chi connectivity index (χ0n) is 19.7. The Kier molecular flexibility index (Phi) is 5.76. The lowest BCUT2D eigenvalue weighted by Crippen LogP contribution is -2.30. The lowest BCUT2D eigenvalue weighted by Gasteiger charge is -2.21. The molecule has 168 valence electrons. The quantitative estimate of drug-likeness (QED) is 0.406. The van der Waals surface area contributed by atoms with E-state index in [1.807, 2.05) is 24.0 Å². The zero-order chi connectivity index (χ0) is 22.9. The third kappa shape index (κ3) is 4.56. The van der Waals surface area contributed by atoms with Crippen molar-refractivity contribution >= 4 is 16.9 Å². The predicted molar refractivity (Wildman–Crippen MR) is 134 cm³/mol. The van der Waals surface area contributed by atoms with Gasteiger partial charge in [-0.2, -0.15) is 0 Å². The first kappa shape index (κ1) is 21.4. The Hall–Kier alpha value is -3.40. The molecule has 0 saturated heterocycles. The minimum Gasteiger partial charge on any atom is -0.342 e. The molecule has 1 aromatic heterocycles. The van der Waals surface area contributed by atoms with E-state index in [9.17, 15) is 4.79 Å². The number of imidazole rings is 1. The van der Waals surface area contributed by atoms with Crippen LogP contribution in [0.1, 0.15) is 53.1 Å². The second-order valence-electron chi connectivity index (χ2n) is 9.66. The zero-order valence-corrected chi connectivity index (χ0v) is 19.7. The van der Waals surface area contributed by atoms with E-state index in [1.165, 1.54) is 22.3 Å². The first-order chi connectivity index (χ1) is 16.0. The number of carbonyl (C=O) groups is 1. The third-order valence-corrected chi connectivity index (χ3v) is 6.51. The molecule has 1 aliphatic heterocycles. The molecule has 33 heavy (non-hydrogen) atoms. The first-order valence-electron chi connectivity index (χ1n) is 11.9. The smallest absolute Gasteiger partial charge is 0.254 e. The van der Waals surface area contributed by atoms with E-state index < -0.39 is 0 Å². The summed E-state index contributed by atoms with van der Waals surface area (Å²) in [7, 11) is 0. The molecule has 1 amide bonds. The molecule has 3 aromatic carbocycles. The third-order valence-electron chi connectivity index (χ3n) is 6.51. The number of hydrogen-bond acceptors (Lipinski definition) is 2. The van der Waals surface area contributed by atoms with Crippen molar-refractivity contribution in [1.29, 1.82) is 0 Å². The standard InChI is InChI=1S/C29H31N3O/c1-19(2)15-21-6-8-23(9-7-21)29(33)32-14-4-5-22-10-11-24(16-26(22)18-32)25-12-13-27-28(17-25)31-20(3)30-27/h6-13,16-17,19H,4-5,14-15,18H2,1-3H3,(H,30,31). The van der Waals surface area contributed by atoms with Gasteiger partial charge in [0.2, 0.25) is 0 Å². The molecule has 0 fully saturated rings. The summed E-state index contributed by atoms with van der Waals surface area (Å²) >= 11 is 0. The lowest BCUT2D eigenvalue weighted by molar-refractivity contribution is 0.0746. The highest BCUT2D eigenvalue weighted by Gasteiger charge is 2.21. The minimum atomic E-state index is 0.124. The number of nitrogens with zero attached hydrogens (tertiary/aromatic N) is 2. The Labute approximate surface area is 195 Å². The monoisotopic (exact) mass is 437 g/mol. The van der Waals surface area contributed by atoms with Gasteiger partial charge >= 0.3 is 0 Å². The molecule has 0 atom stereocenters. The normalized spacial score (nSPS) is 13.9. The van der Waals surface area contributed by atoms with Crippen LogP contribution in [0.25, 0.3) is 22.2 Å². The number of rotatable bonds is 4. The number of hydrogen-bond donors (Lipinski definition) is 1. The molecular formula is C29H31N3O. The van der Waals surface area contributed by atoms with Crippen LogP contribution in [0.2, 0.25) is 0 Å². The van der Waals surface area contributed by atoms with Crippen molar-refractivity contribution in [3.8, 4) is 11.1 Å². The maximum Gasteiger partial charge on any atom is 0.254 e. The van der Waals surface area contributed by atoms with E-state index in [2.05, 4.69) is 72.3 Å². The van der Waals surface area contributed by atoms with Crippen molar-refractivity contribution < 1.29 is 4.79 Å². The summed E-state index contributed by atoms with van der Waals surface area (Å²) < 4.78 is 0. The number of amides is 1. The van der Waals surface area contributed by atoms with Crippen LogP contribution in [0.3, 0.4) is 0 Å². The molecule has 4 aromatic rings. The molecule has 2 heterocycles. The van der Waals surface area contributed by atoms with Gasteiger partial charge in [-0.1, -0.05) is 44.2 Å². The average molecular weight is 438 g/mol. The van der Waals surface area contributed by atoms with E-state index >= 15 is 0 Å². The summed E-state index contributed by atoms with van der Waals surface area (Å²) in [6.45, 7) is 7.86. The topological polar surface area (TPSA) is 49.0 Å². The van der Waals surface area contributed by atoms with Gasteiger partial charge in [-0.3, -0.25) is 4.79 Å². The highest BCUT2D eigenvalue weighted by molar-refractivity contribution is 5.94. The summed E-state index contributed by atoms with van der Waals surface area (Å²) in [4.78, 5) is 23.2. The van der Waals surface area contributed by atoms with Crippen LogP contribution in [0, 0.1) is 12.8 Å². The van der Waals surface area contributed by atoms with Gasteiger partial charge in [-0.15, -0.1) is 0 Å². The van der Waals surface area contributed by atoms with Crippen molar-refractivity contribution in [1.82, 2.24) is 14.9 Å². The number of aromatic amines is 1. The van der Waals surface area contributed by atoms with Gasteiger partial charge in [0.15, 0.2) is 0 Å². The predicted octanol–water partition coefficient (Wildman–Crippen LogP) is 6.33. The molecule has 0 spiro atoms. The Morgan fingerprint density at radius 1 is 1.00 bits per heavy atom. The van der Waals surface area contributed by atoms with Gasteiger partial charge in [0.05, 0.1) is 11.0 Å². The molecule has 0 aliphatic carbocycles. The maximum absolute atomic E-state index is 13.3. The summed E-state index contributed by atoms with van der Waals surface area (Å²) in [6.07, 6.45) is 3.03. The van der Waals surface area contributed by atoms with Crippen molar-refractivity contribution in [3.05, 3.63) is 88.7 Å². The molecule has 0 unspecified atom stereocenters. The van der Waals surface area contributed by atoms with Gasteiger partial charge in [-0.05, 0) is 90.3 Å². The molecular weight excluding hydrogens is 406 g/mol. The van der Waals surface area contributed by atoms with Crippen LogP contribution in [0.4, 0.5) is 0 Å². The Morgan fingerprint density at radius 2 is 1.76 bits per heavy atom. The van der Waals surface area contributed by atoms with Crippen LogP contribution in [-0.2, 0) is 19.4 Å². The van der Waals surface area contributed by atoms with Gasteiger partial charge in [-0.25, -0.2) is 4.98 Å². The van der Waals surface area contributed by atoms with Gasteiger partial charge < -0.3 is 9.88 Å². The lowest BCUT2D eigenvalue weighted by atomic mass is 9.97. The van der Waals surface area contributed by atoms with Gasteiger partial charge in [0.1, 0.15) is 5.82 Å². The van der Waals surface area contributed by atoms with E-state index in [0.29, 0.717) is 12.5 Å². The summed E-state index contributed by atoms with van der Waals surface area (Å²) in [5.41, 5.74) is 9.04. The molecule has 1 aliphatic rings. The SMILES string of the molecule is Cc1nc2ccc(-c3ccc4c(c3)CN(C(=O)c3ccc(CC(C)C)cc3)CCC4)cc2[nH]1. The molecule has 0 radical (unpaired) electrons. The van der Waals surface area contributed by atoms with Crippen LogP contribution < -0.4 is 0 Å². The fraction of sp³-hybridized carbons (Fsp3) is 0.310. The largest absolute Gasteiger partial charge is 0.342 e. The van der Waals surface area contributed by atoms with Gasteiger partial charge in [0, 0.05) is 18.7 Å². The maximum atomic E-state index is 13.3. The second kappa shape index (κ2) is 8.86. The molecule has 1 N–H and O–H groups in total. The number of benzene rings is 3. The van der Waals surface area contributed by atoms with E-state index in [0.717, 1.165) is 53.8 Å². The van der Waals surface area contributed by atoms with Crippen LogP contribution in [-0.4, -0.2) is 27.3 Å². The van der Waals surface area contributed by atoms with Crippen LogP contribution in [0.5, 0.6) is 0 Å². The average Bonchev–Trinajstić information content (AvgIpc) is 3.04. The fourth-order valence-corrected chi connectivity index (χ4v) is 4.87. The minimum absolute atomic E-state index is 0.124. The second-order valence-corrected chi connectivity index (χ2v) is 9.66. The summed E-state index contributed by atoms with van der Waals surface area (Å²) in [5, 5.41) is 0. The van der Waals surface area contributed by atoms with Crippen LogP contribution in [0.15, 0.2) is 60.7 Å². The summed E-state index contributed by atoms with van der Waals surface area (Å²) in [6, 6.07) is 21.2. The number of fused-ring (bicyclic) bond motifs is 2. The Bertz CT molecular complexity index is 1300. The van der Waals surface area contributed by atoms with E-state index in [4.69, 9.17) is 0 Å². The number of carbonyl (C=O) groups excluding carboxylic acids is 1. The molecule has 0 saturated carbocycles. The molecule has 5 rings (SSSR count). The highest BCUT2D eigenvalue weighted by atomic mass is 16.2. The van der Waals surface area contributed by atoms with E-state index in [1.54, 1.807) is 0 Å². The van der Waals surface area contributed by atoms with Crippen LogP contribution >= 0.6 is 0 Å². The molecule has 4 heteroatoms. The Morgan fingerprint density at radius 3 is 2.55 bits per heavy atom. The first-order valence-corrected chi connectivity index (χ1v) is 11.9. The molecule has 0 bridgehead atoms. The van der Waals surface area contributed by atoms with Crippen molar-refractivity contribution in [2.45, 2.75) is 46.6 Å². The van der Waals surface area contributed by atoms with Gasteiger partial charge in [0.25, 0.3) is 5.91 Å². The number of aromatic nitrogens is 2. The highest BCUT2D eigenvalue weighted by Crippen LogP contribution is 2.28. The van der Waals surface area contributed by atoms with E-state index in [-0.39, 0.29) is 5.91 Å². The van der Waals surface area contributed by atoms with Crippen molar-refractivity contribution in [2.75, 3.05) is 6.54 Å². The number of H-pyrrole nitrogens is 1. The Balaban J connectivity index is 1.39. The van der Waals surface area contributed by atoms with Crippen molar-refractivity contribution in [3.63, 3.8) is 0 Å². The van der Waals surface area contributed by atoms with Crippen molar-refractivity contribution in [2.24, 2.45) is 5.92 Å². The molecule has 4 nitrogen and oxygen atoms in total. The number of nitrogens with one attached hydrogen (secondary N) is 1.